The van der Waals surface area contributed by atoms with E-state index >= 15 is 0 Å². The number of methoxy groups -OCH3 is 1. The molecule has 13 rings (SSSR count). The number of nitrogens with zero attached hydrogens (tertiary/aromatic N) is 9. The van der Waals surface area contributed by atoms with Crippen LogP contribution in [0.1, 0.15) is 119 Å². The third-order valence-electron chi connectivity index (χ3n) is 19.6. The van der Waals surface area contributed by atoms with E-state index in [1.54, 1.807) is 55.5 Å². The minimum atomic E-state index is -3.84. The van der Waals surface area contributed by atoms with Crippen LogP contribution in [0.4, 0.5) is 44.2 Å². The fraction of sp³-hybridized carbons (Fsp3) is 0.357. The number of piperidine rings is 3. The Morgan fingerprint density at radius 1 is 0.509 bits per heavy atom. The van der Waals surface area contributed by atoms with Crippen LogP contribution in [0.3, 0.4) is 0 Å². The standard InChI is InChI=1S/C30H34N6O3S.C20H21N3O2.C12H15N3.C10H15N3O2S.C9H9BrO2.CH3F.2CH4/c1-22-10-11-25(33-24-12-14-34(15-13-24)27-7-3-2-6-23(27)21-31)20-26(22)30(37)36-18-16-35(17-19-36)28-8-4-5-9-29(28)40(32,38)39;1-14-6-7-17(12-18(14)20(24)25)22-16-8-10-23(11-9-16)19-5-3-2-4-15(19)13-21;13-9-10-3-1-2-4-12(10)15-7-5-11(14)6-8-15;11-16(14,15)10-4-2-1-3-9(10)13-7-5-12-6-8-13;1-6-3-4-7(10)5-8(6)9(11)12-2;1-2;;/h2-11,20,24,33H,12-19H2,1H3,(H2,32,38,39);2-7,12,16,22H,8-11H2,1H3,(H,24,25);1-4,11H,5-8,14H2;1-4,12H,5-8H2,(H2,11,14,15);3-5H,1-2H3;1H3;2*1H4/i;;;;;1D;;. The predicted molar refractivity (Wildman–Crippen MR) is 449 cm³/mol. The van der Waals surface area contributed by atoms with Gasteiger partial charge in [0.25, 0.3) is 5.91 Å². The molecule has 0 atom stereocenters. The fourth-order valence-corrected chi connectivity index (χ4v) is 15.5. The van der Waals surface area contributed by atoms with Crippen molar-refractivity contribution in [2.45, 2.75) is 102 Å². The smallest absolute Gasteiger partial charge is 0.338 e. The van der Waals surface area contributed by atoms with Crippen LogP contribution < -0.4 is 56.5 Å². The molecule has 0 aliphatic carbocycles. The van der Waals surface area contributed by atoms with E-state index in [9.17, 15) is 51.2 Å². The van der Waals surface area contributed by atoms with E-state index in [0.717, 1.165) is 159 Å². The van der Waals surface area contributed by atoms with Crippen molar-refractivity contribution < 1.29 is 46.8 Å². The monoisotopic (exact) mass is 1630 g/mol. The van der Waals surface area contributed by atoms with Gasteiger partial charge < -0.3 is 60.9 Å². The van der Waals surface area contributed by atoms with Crippen LogP contribution in [-0.2, 0) is 24.8 Å². The van der Waals surface area contributed by atoms with Crippen molar-refractivity contribution in [3.8, 4) is 18.2 Å². The third kappa shape index (κ3) is 25.2. The van der Waals surface area contributed by atoms with Gasteiger partial charge in [-0.1, -0.05) is 110 Å². The highest BCUT2D eigenvalue weighted by atomic mass is 79.9. The van der Waals surface area contributed by atoms with Gasteiger partial charge in [0.05, 0.1) is 71.9 Å². The number of aromatic carboxylic acids is 1. The van der Waals surface area contributed by atoms with Crippen LogP contribution in [0, 0.1) is 54.8 Å². The Hall–Kier alpha value is -10.6. The van der Waals surface area contributed by atoms with Crippen molar-refractivity contribution >= 4 is 93.6 Å². The van der Waals surface area contributed by atoms with Crippen LogP contribution in [0.2, 0.25) is 0 Å². The summed E-state index contributed by atoms with van der Waals surface area (Å²) in [6, 6.07) is 61.3. The highest BCUT2D eigenvalue weighted by Crippen LogP contribution is 2.32. The Bertz CT molecular complexity index is 4840. The van der Waals surface area contributed by atoms with E-state index in [0.29, 0.717) is 77.5 Å². The molecule has 5 aliphatic heterocycles. The number of sulfonamides is 2. The van der Waals surface area contributed by atoms with Gasteiger partial charge >= 0.3 is 11.9 Å². The van der Waals surface area contributed by atoms with Crippen molar-refractivity contribution in [2.75, 3.05) is 141 Å². The number of carbonyl (C=O) groups is 3. The van der Waals surface area contributed by atoms with E-state index in [2.05, 4.69) is 69.5 Å². The number of carboxylic acids is 1. The number of anilines is 7. The molecule has 10 N–H and O–H groups in total. The molecule has 5 aliphatic rings. The van der Waals surface area contributed by atoms with Gasteiger partial charge in [0.2, 0.25) is 20.0 Å². The quantitative estimate of drug-likeness (QED) is 0.0497. The molecule has 24 nitrogen and oxygen atoms in total. The molecule has 28 heteroatoms. The maximum atomic E-state index is 13.5. The summed E-state index contributed by atoms with van der Waals surface area (Å²) in [6.07, 6.45) is 5.77. The number of carboxylic acid groups (broad SMARTS) is 1. The second-order valence-corrected chi connectivity index (χ2v) is 30.9. The van der Waals surface area contributed by atoms with Crippen molar-refractivity contribution in [3.05, 3.63) is 230 Å². The minimum Gasteiger partial charge on any atom is -0.478 e. The topological polar surface area (TPSA) is 354 Å². The van der Waals surface area contributed by atoms with Gasteiger partial charge in [0.15, 0.2) is 0 Å². The lowest BCUT2D eigenvalue weighted by atomic mass is 10.0. The number of para-hydroxylation sites is 5. The molecule has 0 radical (unpaired) electrons. The predicted octanol–water partition coefficient (Wildman–Crippen LogP) is 12.8. The number of amides is 1. The molecule has 5 fully saturated rings. The number of nitrogens with two attached hydrogens (primary N) is 3. The third-order valence-corrected chi connectivity index (χ3v) is 22.0. The lowest BCUT2D eigenvalue weighted by molar-refractivity contribution is 0.0598. The number of hydrogen-bond acceptors (Lipinski definition) is 20. The van der Waals surface area contributed by atoms with Gasteiger partial charge in [0, 0.05) is 131 Å². The number of primary sulfonamides is 2. The van der Waals surface area contributed by atoms with Crippen molar-refractivity contribution in [1.29, 1.82) is 15.8 Å². The average Bonchev–Trinajstić information content (AvgIpc) is 0.792. The molecular weight excluding hydrogens is 1530 g/mol. The molecule has 5 saturated heterocycles. The first-order chi connectivity index (χ1) is 53.3. The molecule has 0 bridgehead atoms. The highest BCUT2D eigenvalue weighted by Gasteiger charge is 2.29. The molecule has 0 saturated carbocycles. The van der Waals surface area contributed by atoms with Gasteiger partial charge in [-0.3, -0.25) is 9.18 Å². The number of benzene rings is 8. The fourth-order valence-electron chi connectivity index (χ4n) is 13.6. The number of aryl methyl sites for hydroxylation is 3. The molecule has 1 amide bonds. The number of alkyl halides is 1. The second-order valence-electron chi connectivity index (χ2n) is 26.9. The molecule has 0 unspecified atom stereocenters. The summed E-state index contributed by atoms with van der Waals surface area (Å²) in [6.45, 7) is 16.3. The van der Waals surface area contributed by atoms with Gasteiger partial charge in [-0.2, -0.15) is 15.8 Å². The first-order valence-corrected chi connectivity index (χ1v) is 40.1. The Labute approximate surface area is 670 Å². The number of nitriles is 3. The zero-order valence-electron chi connectivity index (χ0n) is 63.4. The molecule has 5 heterocycles. The number of carbonyl (C=O) groups excluding carboxylic acids is 2. The largest absolute Gasteiger partial charge is 0.478 e. The number of esters is 1. The number of hydrogen-bond donors (Lipinski definition) is 7. The lowest BCUT2D eigenvalue weighted by Gasteiger charge is -2.37. The first kappa shape index (κ1) is 88.6. The normalized spacial score (nSPS) is 15.2. The molecule has 0 spiro atoms. The molecule has 8 aromatic carbocycles. The van der Waals surface area contributed by atoms with Gasteiger partial charge in [-0.25, -0.2) is 36.7 Å². The Morgan fingerprint density at radius 3 is 1.24 bits per heavy atom. The molecule has 8 aromatic rings. The first-order valence-electron chi connectivity index (χ1n) is 36.9. The Morgan fingerprint density at radius 2 is 0.848 bits per heavy atom. The zero-order valence-corrected chi connectivity index (χ0v) is 65.6. The summed E-state index contributed by atoms with van der Waals surface area (Å²) < 4.78 is 67.9. The van der Waals surface area contributed by atoms with Gasteiger partial charge in [-0.05, 0) is 173 Å². The molecule has 0 aromatic heterocycles. The Balaban J connectivity index is 0.000000233. The van der Waals surface area contributed by atoms with Crippen LogP contribution in [0.25, 0.3) is 0 Å². The summed E-state index contributed by atoms with van der Waals surface area (Å²) in [5.41, 5.74) is 18.3. The number of halogens is 2. The Kier molecular flexibility index (Phi) is 34.7. The summed E-state index contributed by atoms with van der Waals surface area (Å²) in [7, 11) is -7.11. The van der Waals surface area contributed by atoms with E-state index in [1.165, 1.54) is 13.2 Å². The van der Waals surface area contributed by atoms with Crippen LogP contribution >= 0.6 is 15.9 Å². The van der Waals surface area contributed by atoms with E-state index in [-0.39, 0.29) is 42.6 Å². The maximum Gasteiger partial charge on any atom is 0.338 e. The van der Waals surface area contributed by atoms with Crippen LogP contribution in [0.5, 0.6) is 0 Å². The van der Waals surface area contributed by atoms with E-state index < -0.39 is 33.2 Å². The summed E-state index contributed by atoms with van der Waals surface area (Å²) in [5, 5.41) is 57.8. The summed E-state index contributed by atoms with van der Waals surface area (Å²) >= 11 is 3.29. The second kappa shape index (κ2) is 43.8. The van der Waals surface area contributed by atoms with Gasteiger partial charge in [0.1, 0.15) is 28.0 Å². The average molecular weight is 1630 g/mol. The van der Waals surface area contributed by atoms with Gasteiger partial charge in [-0.15, -0.1) is 0 Å². The number of piperazine rings is 2. The van der Waals surface area contributed by atoms with Crippen LogP contribution in [-0.4, -0.2) is 169 Å². The SMILES string of the molecule is C.C.COC(=O)c1cc(Br)ccc1C.Cc1ccc(NC2CCN(c3ccccc3C#N)CC2)cc1C(=O)N1CCN(c2ccccc2S(N)(=O)=O)CC1.Cc1ccc(NC2CCN(c3ccccc3C#N)CC2)cc1C(=O)O.N#Cc1ccccc1N1CCC(N)CC1.NS(=O)(=O)c1ccccc1N1CCNCC1.[2H]CF. The van der Waals surface area contributed by atoms with Crippen molar-refractivity contribution in [3.63, 3.8) is 0 Å². The molecule has 112 heavy (non-hydrogen) atoms. The number of rotatable bonds is 14. The van der Waals surface area contributed by atoms with Crippen molar-refractivity contribution in [2.24, 2.45) is 16.0 Å². The van der Waals surface area contributed by atoms with Crippen molar-refractivity contribution in [1.82, 2.24) is 10.2 Å². The van der Waals surface area contributed by atoms with Crippen LogP contribution in [0.15, 0.2) is 190 Å². The summed E-state index contributed by atoms with van der Waals surface area (Å²) in [4.78, 5) is 48.8. The highest BCUT2D eigenvalue weighted by molar-refractivity contribution is 9.10. The number of nitrogens with one attached hydrogen (secondary N) is 3. The number of ether oxygens (including phenoxy) is 1. The lowest BCUT2D eigenvalue weighted by Crippen LogP contribution is -2.49. The zero-order chi connectivity index (χ0) is 80.2. The van der Waals surface area contributed by atoms with E-state index in [4.69, 9.17) is 22.6 Å². The van der Waals surface area contributed by atoms with E-state index in [1.807, 2.05) is 150 Å². The molecule has 596 valence electrons. The summed E-state index contributed by atoms with van der Waals surface area (Å²) in [5.74, 6) is -1.22. The minimum absolute atomic E-state index is 0. The molecular formula is C84H105BrFN15O9S2. The maximum absolute atomic E-state index is 13.5.